The third-order valence-electron chi connectivity index (χ3n) is 6.05. The maximum absolute atomic E-state index is 11.2. The number of oxime groups is 1. The molecule has 0 aliphatic carbocycles. The summed E-state index contributed by atoms with van der Waals surface area (Å²) in [6, 6.07) is 6.69. The average Bonchev–Trinajstić information content (AvgIpc) is 3.29. The lowest BCUT2D eigenvalue weighted by Gasteiger charge is -2.36. The molecule has 7 atom stereocenters. The van der Waals surface area contributed by atoms with Crippen molar-refractivity contribution in [2.45, 2.75) is 56.6 Å². The van der Waals surface area contributed by atoms with Crippen molar-refractivity contribution in [3.63, 3.8) is 0 Å². The summed E-state index contributed by atoms with van der Waals surface area (Å²) < 4.78 is 6.07. The van der Waals surface area contributed by atoms with Crippen LogP contribution in [0.25, 0.3) is 0 Å². The van der Waals surface area contributed by atoms with Crippen LogP contribution in [0.15, 0.2) is 34.4 Å². The van der Waals surface area contributed by atoms with Crippen molar-refractivity contribution in [2.75, 3.05) is 13.2 Å². The van der Waals surface area contributed by atoms with Gasteiger partial charge in [-0.3, -0.25) is 4.90 Å². The minimum absolute atomic E-state index is 0.0367. The molecular weight excluding hydrogens is 412 g/mol. The van der Waals surface area contributed by atoms with Crippen molar-refractivity contribution in [3.8, 4) is 0 Å². The summed E-state index contributed by atoms with van der Waals surface area (Å²) in [4.78, 5) is 11.4. The van der Waals surface area contributed by atoms with Crippen LogP contribution in [0.5, 0.6) is 0 Å². The predicted molar refractivity (Wildman–Crippen MR) is 111 cm³/mol. The fourth-order valence-electron chi connectivity index (χ4n) is 4.43. The molecule has 9 nitrogen and oxygen atoms in total. The van der Waals surface area contributed by atoms with E-state index in [0.29, 0.717) is 29.6 Å². The Hall–Kier alpha value is -1.75. The Bertz CT molecular complexity index is 818. The lowest BCUT2D eigenvalue weighted by atomic mass is 9.87. The zero-order chi connectivity index (χ0) is 21.5. The van der Waals surface area contributed by atoms with Crippen molar-refractivity contribution in [3.05, 3.63) is 34.9 Å². The highest BCUT2D eigenvalue weighted by Gasteiger charge is 2.56. The standard InChI is InChI=1S/C20H27ClN4O5/c1-3-29-24-17-13-8-9-25(18(13)23-10-22-17)19-15(27)14(26)16(30-19)20(2,28)11-4-6-12(21)7-5-11/h4-7,10,13-16,18-19,26-28H,3,8-9H2,1-2H3,(H,22,23,24)/t13?,14-,15+,16?,18?,19+,20+/m0/s1. The number of aliphatic imine (C=N–C) groups is 1. The highest BCUT2D eigenvalue weighted by atomic mass is 35.5. The molecule has 2 fully saturated rings. The first-order chi connectivity index (χ1) is 14.3. The van der Waals surface area contributed by atoms with Gasteiger partial charge in [0.15, 0.2) is 5.84 Å². The fraction of sp³-hybridized carbons (Fsp3) is 0.600. The number of fused-ring (bicyclic) bond motifs is 1. The molecule has 0 radical (unpaired) electrons. The second kappa shape index (κ2) is 8.41. The number of halogens is 1. The Kier molecular flexibility index (Phi) is 6.02. The number of rotatable bonds is 5. The topological polar surface area (TPSA) is 119 Å². The van der Waals surface area contributed by atoms with Crippen LogP contribution in [0.4, 0.5) is 0 Å². The third-order valence-corrected chi connectivity index (χ3v) is 6.30. The van der Waals surface area contributed by atoms with Crippen molar-refractivity contribution < 1.29 is 24.9 Å². The zero-order valence-electron chi connectivity index (χ0n) is 16.8. The molecule has 0 saturated carbocycles. The van der Waals surface area contributed by atoms with Crippen LogP contribution < -0.4 is 5.32 Å². The van der Waals surface area contributed by atoms with E-state index in [2.05, 4.69) is 15.5 Å². The molecule has 1 aromatic rings. The van der Waals surface area contributed by atoms with Crippen LogP contribution in [-0.2, 0) is 15.2 Å². The van der Waals surface area contributed by atoms with Gasteiger partial charge in [0, 0.05) is 11.6 Å². The number of hydrogen-bond donors (Lipinski definition) is 4. The summed E-state index contributed by atoms with van der Waals surface area (Å²) in [6.45, 7) is 4.46. The van der Waals surface area contributed by atoms with Gasteiger partial charge < -0.3 is 30.2 Å². The lowest BCUT2D eigenvalue weighted by molar-refractivity contribution is -0.155. The molecule has 164 valence electrons. The largest absolute Gasteiger partial charge is 0.395 e. The van der Waals surface area contributed by atoms with Crippen molar-refractivity contribution in [1.82, 2.24) is 10.2 Å². The molecule has 10 heteroatoms. The van der Waals surface area contributed by atoms with Gasteiger partial charge in [0.2, 0.25) is 0 Å². The van der Waals surface area contributed by atoms with E-state index in [0.717, 1.165) is 6.42 Å². The van der Waals surface area contributed by atoms with Gasteiger partial charge >= 0.3 is 0 Å². The summed E-state index contributed by atoms with van der Waals surface area (Å²) in [7, 11) is 0. The van der Waals surface area contributed by atoms with E-state index in [4.69, 9.17) is 21.2 Å². The second-order valence-corrected chi connectivity index (χ2v) is 8.39. The van der Waals surface area contributed by atoms with Crippen LogP contribution in [-0.4, -0.2) is 76.3 Å². The van der Waals surface area contributed by atoms with E-state index in [1.807, 2.05) is 11.8 Å². The molecule has 1 aromatic carbocycles. The first-order valence-corrected chi connectivity index (χ1v) is 10.5. The highest BCUT2D eigenvalue weighted by Crippen LogP contribution is 2.39. The molecule has 3 aliphatic rings. The molecule has 3 aliphatic heterocycles. The van der Waals surface area contributed by atoms with E-state index in [-0.39, 0.29) is 12.1 Å². The normalized spacial score (nSPS) is 37.1. The number of aliphatic hydroxyl groups excluding tert-OH is 2. The summed E-state index contributed by atoms with van der Waals surface area (Å²) in [5.41, 5.74) is -0.987. The number of hydrogen-bond acceptors (Lipinski definition) is 8. The quantitative estimate of drug-likeness (QED) is 0.497. The van der Waals surface area contributed by atoms with Gasteiger partial charge in [-0.25, -0.2) is 4.99 Å². The molecule has 3 heterocycles. The van der Waals surface area contributed by atoms with Crippen molar-refractivity contribution in [2.24, 2.45) is 16.1 Å². The molecule has 2 saturated heterocycles. The third kappa shape index (κ3) is 3.70. The highest BCUT2D eigenvalue weighted by molar-refractivity contribution is 6.30. The maximum Gasteiger partial charge on any atom is 0.175 e. The monoisotopic (exact) mass is 438 g/mol. The van der Waals surface area contributed by atoms with Crippen molar-refractivity contribution in [1.29, 1.82) is 0 Å². The molecule has 0 amide bonds. The SMILES string of the molecule is CCO/N=C1\N=CNC2C1CCN2[C@@H]1OC([C@](C)(O)c2ccc(Cl)cc2)[C@@H](O)[C@H]1O. The summed E-state index contributed by atoms with van der Waals surface area (Å²) >= 11 is 5.95. The summed E-state index contributed by atoms with van der Waals surface area (Å²) in [6.07, 6.45) is -2.21. The Labute approximate surface area is 179 Å². The van der Waals surface area contributed by atoms with Crippen molar-refractivity contribution >= 4 is 23.8 Å². The van der Waals surface area contributed by atoms with Crippen LogP contribution in [0.3, 0.4) is 0 Å². The van der Waals surface area contributed by atoms with Crippen LogP contribution in [0.2, 0.25) is 5.02 Å². The number of nitrogens with zero attached hydrogens (tertiary/aromatic N) is 3. The minimum Gasteiger partial charge on any atom is -0.395 e. The number of likely N-dealkylation sites (tertiary alicyclic amines) is 1. The predicted octanol–water partition coefficient (Wildman–Crippen LogP) is 0.624. The summed E-state index contributed by atoms with van der Waals surface area (Å²) in [5, 5.41) is 40.5. The van der Waals surface area contributed by atoms with Crippen LogP contribution in [0.1, 0.15) is 25.8 Å². The van der Waals surface area contributed by atoms with E-state index >= 15 is 0 Å². The van der Waals surface area contributed by atoms with E-state index in [1.54, 1.807) is 37.5 Å². The minimum atomic E-state index is -1.53. The molecule has 0 bridgehead atoms. The number of benzene rings is 1. The van der Waals surface area contributed by atoms with Crippen LogP contribution in [0, 0.1) is 5.92 Å². The Morgan fingerprint density at radius 2 is 2.07 bits per heavy atom. The smallest absolute Gasteiger partial charge is 0.175 e. The van der Waals surface area contributed by atoms with Gasteiger partial charge in [-0.05, 0) is 38.0 Å². The molecule has 0 spiro atoms. The Morgan fingerprint density at radius 1 is 1.33 bits per heavy atom. The van der Waals surface area contributed by atoms with Gasteiger partial charge in [0.25, 0.3) is 0 Å². The molecule has 3 unspecified atom stereocenters. The lowest BCUT2D eigenvalue weighted by Crippen LogP contribution is -2.55. The zero-order valence-corrected chi connectivity index (χ0v) is 17.6. The number of amidine groups is 1. The summed E-state index contributed by atoms with van der Waals surface area (Å²) in [5.74, 6) is 0.547. The second-order valence-electron chi connectivity index (χ2n) is 7.95. The molecule has 4 rings (SSSR count). The van der Waals surface area contributed by atoms with E-state index < -0.39 is 30.1 Å². The fourth-order valence-corrected chi connectivity index (χ4v) is 4.56. The number of nitrogens with one attached hydrogen (secondary N) is 1. The van der Waals surface area contributed by atoms with E-state index in [1.165, 1.54) is 0 Å². The first-order valence-electron chi connectivity index (χ1n) is 10.1. The molecule has 0 aromatic heterocycles. The number of aliphatic hydroxyl groups is 3. The number of ether oxygens (including phenoxy) is 1. The Balaban J connectivity index is 1.54. The van der Waals surface area contributed by atoms with E-state index in [9.17, 15) is 15.3 Å². The molecular formula is C20H27ClN4O5. The van der Waals surface area contributed by atoms with Gasteiger partial charge in [-0.1, -0.05) is 28.9 Å². The van der Waals surface area contributed by atoms with Gasteiger partial charge in [-0.2, -0.15) is 0 Å². The van der Waals surface area contributed by atoms with Gasteiger partial charge in [0.05, 0.1) is 18.4 Å². The maximum atomic E-state index is 11.2. The average molecular weight is 439 g/mol. The Morgan fingerprint density at radius 3 is 2.77 bits per heavy atom. The van der Waals surface area contributed by atoms with Crippen LogP contribution >= 0.6 is 11.6 Å². The van der Waals surface area contributed by atoms with Gasteiger partial charge in [-0.15, -0.1) is 0 Å². The molecule has 30 heavy (non-hydrogen) atoms. The van der Waals surface area contributed by atoms with Gasteiger partial charge in [0.1, 0.15) is 36.7 Å². The first kappa shape index (κ1) is 21.5. The molecule has 4 N–H and O–H groups in total.